The standard InChI is InChI=1S/C17H16F6N2O2/c1-3-9-7-27-15-12(25(9)8-16(18,19)20)5-4-11-14(15)10(17(21,22)23)6-13(24-11)26-2/h4-6,9H,3,7-8H2,1-2H3/t9-/m1/s1. The van der Waals surface area contributed by atoms with E-state index in [1.54, 1.807) is 6.92 Å². The van der Waals surface area contributed by atoms with Gasteiger partial charge in [-0.1, -0.05) is 6.92 Å². The van der Waals surface area contributed by atoms with Gasteiger partial charge < -0.3 is 14.4 Å². The lowest BCUT2D eigenvalue weighted by Gasteiger charge is -2.39. The zero-order valence-electron chi connectivity index (χ0n) is 14.4. The summed E-state index contributed by atoms with van der Waals surface area (Å²) in [6.07, 6.45) is -8.92. The van der Waals surface area contributed by atoms with Gasteiger partial charge in [0.1, 0.15) is 13.2 Å². The Morgan fingerprint density at radius 1 is 1.22 bits per heavy atom. The van der Waals surface area contributed by atoms with Gasteiger partial charge in [-0.3, -0.25) is 0 Å². The van der Waals surface area contributed by atoms with Crippen LogP contribution in [0.15, 0.2) is 18.2 Å². The average Bonchev–Trinajstić information content (AvgIpc) is 2.58. The lowest BCUT2D eigenvalue weighted by molar-refractivity contribution is -0.136. The summed E-state index contributed by atoms with van der Waals surface area (Å²) in [5.41, 5.74) is -1.17. The fourth-order valence-corrected chi connectivity index (χ4v) is 3.17. The van der Waals surface area contributed by atoms with Gasteiger partial charge in [0.15, 0.2) is 5.75 Å². The van der Waals surface area contributed by atoms with E-state index in [2.05, 4.69) is 4.98 Å². The fourth-order valence-electron chi connectivity index (χ4n) is 3.17. The maximum absolute atomic E-state index is 13.6. The molecule has 1 aliphatic rings. The highest BCUT2D eigenvalue weighted by molar-refractivity contribution is 5.95. The number of aromatic nitrogens is 1. The predicted molar refractivity (Wildman–Crippen MR) is 86.3 cm³/mol. The molecule has 0 saturated carbocycles. The van der Waals surface area contributed by atoms with Crippen LogP contribution in [0.25, 0.3) is 10.9 Å². The molecule has 4 nitrogen and oxygen atoms in total. The largest absolute Gasteiger partial charge is 0.489 e. The SMILES string of the molecule is CC[C@@H]1COc2c(ccc3nc(OC)cc(C(F)(F)F)c23)N1CC(F)(F)F. The van der Waals surface area contributed by atoms with Gasteiger partial charge in [0, 0.05) is 6.07 Å². The molecule has 1 aliphatic heterocycles. The van der Waals surface area contributed by atoms with Crippen molar-refractivity contribution in [1.82, 2.24) is 4.98 Å². The first kappa shape index (κ1) is 19.4. The molecule has 1 aromatic heterocycles. The van der Waals surface area contributed by atoms with Gasteiger partial charge >= 0.3 is 12.4 Å². The normalized spacial score (nSPS) is 17.6. The Labute approximate surface area is 150 Å². The van der Waals surface area contributed by atoms with Gasteiger partial charge in [-0.2, -0.15) is 26.3 Å². The molecule has 2 heterocycles. The van der Waals surface area contributed by atoms with Gasteiger partial charge in [-0.25, -0.2) is 4.98 Å². The van der Waals surface area contributed by atoms with Crippen molar-refractivity contribution in [1.29, 1.82) is 0 Å². The van der Waals surface area contributed by atoms with Crippen LogP contribution in [0.1, 0.15) is 18.9 Å². The second kappa shape index (κ2) is 6.65. The van der Waals surface area contributed by atoms with Crippen molar-refractivity contribution in [3.05, 3.63) is 23.8 Å². The maximum atomic E-state index is 13.6. The number of nitrogens with zero attached hydrogens (tertiary/aromatic N) is 2. The summed E-state index contributed by atoms with van der Waals surface area (Å²) >= 11 is 0. The van der Waals surface area contributed by atoms with Crippen LogP contribution < -0.4 is 14.4 Å². The third-order valence-corrected chi connectivity index (χ3v) is 4.39. The van der Waals surface area contributed by atoms with Crippen LogP contribution in [0.3, 0.4) is 0 Å². The molecule has 0 aliphatic carbocycles. The molecule has 0 N–H and O–H groups in total. The first-order chi connectivity index (χ1) is 12.5. The van der Waals surface area contributed by atoms with E-state index in [0.717, 1.165) is 4.90 Å². The monoisotopic (exact) mass is 394 g/mol. The van der Waals surface area contributed by atoms with E-state index in [1.807, 2.05) is 0 Å². The number of benzene rings is 1. The van der Waals surface area contributed by atoms with Crippen LogP contribution in [0.4, 0.5) is 32.0 Å². The third kappa shape index (κ3) is 3.70. The Kier molecular flexibility index (Phi) is 4.77. The zero-order valence-corrected chi connectivity index (χ0v) is 14.4. The van der Waals surface area contributed by atoms with Crippen molar-refractivity contribution in [2.75, 3.05) is 25.2 Å². The van der Waals surface area contributed by atoms with Crippen LogP contribution in [0.5, 0.6) is 11.6 Å². The molecule has 0 saturated heterocycles. The number of halogens is 6. The molecule has 148 valence electrons. The summed E-state index contributed by atoms with van der Waals surface area (Å²) in [6, 6.07) is 2.66. The lowest BCUT2D eigenvalue weighted by atomic mass is 10.0. The van der Waals surface area contributed by atoms with Crippen molar-refractivity contribution in [3.8, 4) is 11.6 Å². The number of rotatable bonds is 3. The molecule has 1 aromatic carbocycles. The van der Waals surface area contributed by atoms with E-state index in [0.29, 0.717) is 12.5 Å². The highest BCUT2D eigenvalue weighted by Crippen LogP contribution is 2.46. The minimum atomic E-state index is -4.76. The van der Waals surface area contributed by atoms with Crippen LogP contribution in [0.2, 0.25) is 0 Å². The average molecular weight is 394 g/mol. The molecule has 0 unspecified atom stereocenters. The zero-order chi connectivity index (χ0) is 20.0. The third-order valence-electron chi connectivity index (χ3n) is 4.39. The Bertz CT molecular complexity index is 850. The summed E-state index contributed by atoms with van der Waals surface area (Å²) in [7, 11) is 1.18. The van der Waals surface area contributed by atoms with Gasteiger partial charge in [0.2, 0.25) is 5.88 Å². The van der Waals surface area contributed by atoms with Crippen LogP contribution in [0, 0.1) is 0 Å². The summed E-state index contributed by atoms with van der Waals surface area (Å²) in [4.78, 5) is 5.02. The van der Waals surface area contributed by atoms with Gasteiger partial charge in [-0.15, -0.1) is 0 Å². The second-order valence-corrected chi connectivity index (χ2v) is 6.13. The van der Waals surface area contributed by atoms with E-state index >= 15 is 0 Å². The highest BCUT2D eigenvalue weighted by Gasteiger charge is 2.40. The number of ether oxygens (including phenoxy) is 2. The van der Waals surface area contributed by atoms with E-state index in [1.165, 1.54) is 19.2 Å². The van der Waals surface area contributed by atoms with Crippen LogP contribution in [-0.4, -0.2) is 37.5 Å². The number of hydrogen-bond donors (Lipinski definition) is 0. The van der Waals surface area contributed by atoms with E-state index in [9.17, 15) is 26.3 Å². The molecule has 2 aromatic rings. The van der Waals surface area contributed by atoms with E-state index in [-0.39, 0.29) is 34.8 Å². The molecule has 1 atom stereocenters. The van der Waals surface area contributed by atoms with Crippen molar-refractivity contribution in [3.63, 3.8) is 0 Å². The van der Waals surface area contributed by atoms with E-state index < -0.39 is 30.5 Å². The number of fused-ring (bicyclic) bond motifs is 3. The van der Waals surface area contributed by atoms with Crippen molar-refractivity contribution >= 4 is 16.6 Å². The second-order valence-electron chi connectivity index (χ2n) is 6.13. The summed E-state index contributed by atoms with van der Waals surface area (Å²) in [5, 5.41) is -0.373. The minimum absolute atomic E-state index is 0.0320. The van der Waals surface area contributed by atoms with Gasteiger partial charge in [-0.05, 0) is 18.6 Å². The lowest BCUT2D eigenvalue weighted by Crippen LogP contribution is -2.47. The number of hydrogen-bond acceptors (Lipinski definition) is 4. The van der Waals surface area contributed by atoms with E-state index in [4.69, 9.17) is 9.47 Å². The van der Waals surface area contributed by atoms with Crippen molar-refractivity contribution < 1.29 is 35.8 Å². The number of alkyl halides is 6. The molecule has 27 heavy (non-hydrogen) atoms. The molecule has 0 bridgehead atoms. The molecule has 0 radical (unpaired) electrons. The molecule has 10 heteroatoms. The quantitative estimate of drug-likeness (QED) is 0.701. The molecule has 3 rings (SSSR count). The first-order valence-electron chi connectivity index (χ1n) is 8.10. The maximum Gasteiger partial charge on any atom is 0.417 e. The Morgan fingerprint density at radius 3 is 2.48 bits per heavy atom. The molecule has 0 fully saturated rings. The molecular formula is C17H16F6N2O2. The summed E-state index contributed by atoms with van der Waals surface area (Å²) in [5.74, 6) is -0.493. The fraction of sp³-hybridized carbons (Fsp3) is 0.471. The number of anilines is 1. The summed E-state index contributed by atoms with van der Waals surface area (Å²) < 4.78 is 90.2. The van der Waals surface area contributed by atoms with Crippen LogP contribution >= 0.6 is 0 Å². The van der Waals surface area contributed by atoms with Gasteiger partial charge in [0.25, 0.3) is 0 Å². The molecule has 0 amide bonds. The van der Waals surface area contributed by atoms with Crippen molar-refractivity contribution in [2.24, 2.45) is 0 Å². The Balaban J connectivity index is 2.27. The number of methoxy groups -OCH3 is 1. The van der Waals surface area contributed by atoms with Crippen LogP contribution in [-0.2, 0) is 6.18 Å². The Morgan fingerprint density at radius 2 is 1.93 bits per heavy atom. The highest BCUT2D eigenvalue weighted by atomic mass is 19.4. The number of pyridine rings is 1. The first-order valence-corrected chi connectivity index (χ1v) is 8.10. The molecular weight excluding hydrogens is 378 g/mol. The topological polar surface area (TPSA) is 34.6 Å². The van der Waals surface area contributed by atoms with Gasteiger partial charge in [0.05, 0.1) is 35.3 Å². The molecule has 0 spiro atoms. The Hall–Kier alpha value is -2.39. The van der Waals surface area contributed by atoms with Crippen molar-refractivity contribution in [2.45, 2.75) is 31.7 Å². The summed E-state index contributed by atoms with van der Waals surface area (Å²) in [6.45, 7) is 0.261. The smallest absolute Gasteiger partial charge is 0.417 e. The minimum Gasteiger partial charge on any atom is -0.489 e. The predicted octanol–water partition coefficient (Wildman–Crippen LogP) is 4.80.